The number of nitrogens with zero attached hydrogens (tertiary/aromatic N) is 3. The lowest BCUT2D eigenvalue weighted by molar-refractivity contribution is 0.547. The average Bonchev–Trinajstić information content (AvgIpc) is 2.90. The number of aromatic nitrogens is 3. The molecule has 0 atom stereocenters. The molecule has 2 heterocycles. The minimum Gasteiger partial charge on any atom is -0.311 e. The smallest absolute Gasteiger partial charge is 0.153 e. The Bertz CT molecular complexity index is 572. The van der Waals surface area contributed by atoms with Crippen LogP contribution < -0.4 is 5.32 Å². The Morgan fingerprint density at radius 2 is 1.95 bits per heavy atom. The van der Waals surface area contributed by atoms with E-state index < -0.39 is 0 Å². The van der Waals surface area contributed by atoms with Crippen LogP contribution in [-0.2, 0) is 19.4 Å². The highest BCUT2D eigenvalue weighted by atomic mass is 15.3. The van der Waals surface area contributed by atoms with E-state index in [-0.39, 0.29) is 0 Å². The Kier molecular flexibility index (Phi) is 5.51. The van der Waals surface area contributed by atoms with Crippen LogP contribution in [0.4, 0.5) is 0 Å². The van der Waals surface area contributed by atoms with Crippen molar-refractivity contribution in [3.05, 3.63) is 41.3 Å². The highest BCUT2D eigenvalue weighted by Crippen LogP contribution is 2.13. The summed E-state index contributed by atoms with van der Waals surface area (Å²) in [6, 6.07) is 8.32. The lowest BCUT2D eigenvalue weighted by Crippen LogP contribution is -2.20. The second-order valence-electron chi connectivity index (χ2n) is 5.76. The quantitative estimate of drug-likeness (QED) is 0.850. The molecule has 0 saturated carbocycles. The zero-order valence-corrected chi connectivity index (χ0v) is 13.6. The third-order valence-corrected chi connectivity index (χ3v) is 3.43. The topological polar surface area (TPSA) is 42.7 Å². The molecule has 4 nitrogen and oxygen atoms in total. The van der Waals surface area contributed by atoms with Gasteiger partial charge in [-0.1, -0.05) is 33.8 Å². The van der Waals surface area contributed by atoms with Gasteiger partial charge in [-0.05, 0) is 43.5 Å². The van der Waals surface area contributed by atoms with Gasteiger partial charge < -0.3 is 5.32 Å². The van der Waals surface area contributed by atoms with Crippen molar-refractivity contribution < 1.29 is 0 Å². The molecule has 0 bridgehead atoms. The van der Waals surface area contributed by atoms with Gasteiger partial charge in [-0.2, -0.15) is 5.10 Å². The molecule has 0 aliphatic rings. The van der Waals surface area contributed by atoms with Gasteiger partial charge in [-0.25, -0.2) is 9.67 Å². The third kappa shape index (κ3) is 4.14. The van der Waals surface area contributed by atoms with Gasteiger partial charge >= 0.3 is 0 Å². The van der Waals surface area contributed by atoms with E-state index in [0.717, 1.165) is 43.1 Å². The summed E-state index contributed by atoms with van der Waals surface area (Å²) >= 11 is 0. The van der Waals surface area contributed by atoms with Crippen molar-refractivity contribution in [1.82, 2.24) is 20.1 Å². The van der Waals surface area contributed by atoms with E-state index in [4.69, 9.17) is 4.98 Å². The van der Waals surface area contributed by atoms with Gasteiger partial charge in [-0.15, -0.1) is 0 Å². The number of aryl methyl sites for hydroxylation is 2. The summed E-state index contributed by atoms with van der Waals surface area (Å²) in [6.45, 7) is 10.5. The number of nitrogens with one attached hydrogen (secondary N) is 1. The molecule has 0 radical (unpaired) electrons. The summed E-state index contributed by atoms with van der Waals surface area (Å²) in [5.74, 6) is 1.56. The molecule has 0 fully saturated rings. The molecule has 1 N–H and O–H groups in total. The van der Waals surface area contributed by atoms with Crippen LogP contribution in [0.3, 0.4) is 0 Å². The van der Waals surface area contributed by atoms with Crippen LogP contribution in [-0.4, -0.2) is 21.3 Å². The van der Waals surface area contributed by atoms with Crippen molar-refractivity contribution in [3.8, 4) is 5.82 Å². The van der Waals surface area contributed by atoms with Gasteiger partial charge in [0.15, 0.2) is 5.82 Å². The number of pyridine rings is 1. The summed E-state index contributed by atoms with van der Waals surface area (Å²) in [5, 5.41) is 8.09. The second kappa shape index (κ2) is 7.36. The maximum atomic E-state index is 4.73. The lowest BCUT2D eigenvalue weighted by atomic mass is 10.2. The van der Waals surface area contributed by atoms with Crippen molar-refractivity contribution in [3.63, 3.8) is 0 Å². The largest absolute Gasteiger partial charge is 0.311 e. The van der Waals surface area contributed by atoms with Gasteiger partial charge in [0.25, 0.3) is 0 Å². The molecule has 0 saturated heterocycles. The van der Waals surface area contributed by atoms with Gasteiger partial charge in [-0.3, -0.25) is 0 Å². The number of rotatable bonds is 7. The van der Waals surface area contributed by atoms with Crippen molar-refractivity contribution in [2.75, 3.05) is 6.54 Å². The first-order valence-electron chi connectivity index (χ1n) is 7.88. The lowest BCUT2D eigenvalue weighted by Gasteiger charge is -2.09. The van der Waals surface area contributed by atoms with Gasteiger partial charge in [0.1, 0.15) is 0 Å². The van der Waals surface area contributed by atoms with Crippen LogP contribution in [0.1, 0.15) is 44.8 Å². The summed E-state index contributed by atoms with van der Waals surface area (Å²) < 4.78 is 1.98. The fraction of sp³-hybridized carbons (Fsp3) is 0.529. The van der Waals surface area contributed by atoms with Crippen LogP contribution in [0.15, 0.2) is 24.3 Å². The van der Waals surface area contributed by atoms with Gasteiger partial charge in [0, 0.05) is 12.2 Å². The van der Waals surface area contributed by atoms with E-state index in [9.17, 15) is 0 Å². The molecule has 0 spiro atoms. The first-order valence-corrected chi connectivity index (χ1v) is 7.88. The standard InChI is InChI=1S/C17H26N4/c1-5-14-10-16(6-2)21(20-14)17-9-7-8-15(19-17)12-18-11-13(3)4/h7-10,13,18H,5-6,11-12H2,1-4H3. The average molecular weight is 286 g/mol. The minimum absolute atomic E-state index is 0.651. The van der Waals surface area contributed by atoms with E-state index in [1.54, 1.807) is 0 Å². The van der Waals surface area contributed by atoms with Crippen molar-refractivity contribution in [2.45, 2.75) is 47.1 Å². The predicted octanol–water partition coefficient (Wildman–Crippen LogP) is 3.14. The monoisotopic (exact) mass is 286 g/mol. The maximum absolute atomic E-state index is 4.73. The fourth-order valence-corrected chi connectivity index (χ4v) is 2.27. The van der Waals surface area contributed by atoms with E-state index >= 15 is 0 Å². The van der Waals surface area contributed by atoms with Crippen molar-refractivity contribution in [2.24, 2.45) is 5.92 Å². The Hall–Kier alpha value is -1.68. The Labute approximate surface area is 127 Å². The zero-order chi connectivity index (χ0) is 15.2. The summed E-state index contributed by atoms with van der Waals surface area (Å²) in [4.78, 5) is 4.73. The van der Waals surface area contributed by atoms with Crippen LogP contribution in [0, 0.1) is 5.92 Å². The normalized spacial score (nSPS) is 11.3. The molecule has 0 aliphatic heterocycles. The molecule has 2 rings (SSSR count). The summed E-state index contributed by atoms with van der Waals surface area (Å²) in [5.41, 5.74) is 3.40. The molecule has 2 aromatic rings. The van der Waals surface area contributed by atoms with Crippen LogP contribution in [0.5, 0.6) is 0 Å². The highest BCUT2D eigenvalue weighted by Gasteiger charge is 2.09. The van der Waals surface area contributed by atoms with E-state index in [2.05, 4.69) is 56.3 Å². The Morgan fingerprint density at radius 1 is 1.14 bits per heavy atom. The van der Waals surface area contributed by atoms with E-state index in [1.165, 1.54) is 5.69 Å². The molecule has 21 heavy (non-hydrogen) atoms. The fourth-order valence-electron chi connectivity index (χ4n) is 2.27. The number of hydrogen-bond donors (Lipinski definition) is 1. The summed E-state index contributed by atoms with van der Waals surface area (Å²) in [6.07, 6.45) is 1.92. The maximum Gasteiger partial charge on any atom is 0.153 e. The van der Waals surface area contributed by atoms with E-state index in [1.807, 2.05) is 10.7 Å². The molecule has 2 aromatic heterocycles. The van der Waals surface area contributed by atoms with Crippen LogP contribution in [0.2, 0.25) is 0 Å². The molecule has 0 unspecified atom stereocenters. The highest BCUT2D eigenvalue weighted by molar-refractivity contribution is 5.28. The first kappa shape index (κ1) is 15.7. The SMILES string of the molecule is CCc1cc(CC)n(-c2cccc(CNCC(C)C)n2)n1. The molecule has 4 heteroatoms. The van der Waals surface area contributed by atoms with Crippen LogP contribution >= 0.6 is 0 Å². The molecular formula is C17H26N4. The summed E-state index contributed by atoms with van der Waals surface area (Å²) in [7, 11) is 0. The molecule has 0 amide bonds. The Balaban J connectivity index is 2.18. The van der Waals surface area contributed by atoms with Gasteiger partial charge in [0.2, 0.25) is 0 Å². The Morgan fingerprint density at radius 3 is 2.62 bits per heavy atom. The van der Waals surface area contributed by atoms with Crippen molar-refractivity contribution in [1.29, 1.82) is 0 Å². The molecule has 114 valence electrons. The van der Waals surface area contributed by atoms with Gasteiger partial charge in [0.05, 0.1) is 11.4 Å². The minimum atomic E-state index is 0.651. The molecular weight excluding hydrogens is 260 g/mol. The van der Waals surface area contributed by atoms with Crippen LogP contribution in [0.25, 0.3) is 5.82 Å². The third-order valence-electron chi connectivity index (χ3n) is 3.43. The van der Waals surface area contributed by atoms with E-state index in [0.29, 0.717) is 5.92 Å². The molecule has 0 aromatic carbocycles. The zero-order valence-electron chi connectivity index (χ0n) is 13.6. The second-order valence-corrected chi connectivity index (χ2v) is 5.76. The number of hydrogen-bond acceptors (Lipinski definition) is 3. The van der Waals surface area contributed by atoms with Crippen molar-refractivity contribution >= 4 is 0 Å². The molecule has 0 aliphatic carbocycles. The first-order chi connectivity index (χ1) is 10.1. The predicted molar refractivity (Wildman–Crippen MR) is 86.7 cm³/mol.